The molecule has 1 aliphatic rings. The van der Waals surface area contributed by atoms with E-state index >= 15 is 0 Å². The van der Waals surface area contributed by atoms with Crippen LogP contribution < -0.4 is 5.32 Å². The molecule has 0 saturated carbocycles. The van der Waals surface area contributed by atoms with Crippen molar-refractivity contribution in [3.63, 3.8) is 0 Å². The Morgan fingerprint density at radius 2 is 2.08 bits per heavy atom. The van der Waals surface area contributed by atoms with E-state index in [2.05, 4.69) is 5.32 Å². The molecule has 1 heterocycles. The minimum absolute atomic E-state index is 0.102. The Labute approximate surface area is 79.8 Å². The Hall–Kier alpha value is -1.03. The number of fused-ring (bicyclic) bond motifs is 1. The number of thiocarbonyl (C=S) groups is 1. The number of nitrogens with one attached hydrogen (secondary N) is 1. The van der Waals surface area contributed by atoms with Crippen LogP contribution >= 0.6 is 12.2 Å². The summed E-state index contributed by atoms with van der Waals surface area (Å²) in [5.74, 6) is -1.24. The van der Waals surface area contributed by atoms with Crippen molar-refractivity contribution >= 4 is 22.9 Å². The van der Waals surface area contributed by atoms with Crippen LogP contribution in [0, 0.1) is 11.6 Å². The third kappa shape index (κ3) is 1.21. The summed E-state index contributed by atoms with van der Waals surface area (Å²) in [5, 5.41) is 2.73. The van der Waals surface area contributed by atoms with Gasteiger partial charge < -0.3 is 5.32 Å². The normalized spacial score (nSPS) is 19.9. The molecule has 0 radical (unpaired) electrons. The molecule has 1 N–H and O–H groups in total. The smallest absolute Gasteiger partial charge is 0.149 e. The zero-order chi connectivity index (χ0) is 9.59. The Morgan fingerprint density at radius 3 is 2.77 bits per heavy atom. The average Bonchev–Trinajstić information content (AvgIpc) is 2.32. The lowest BCUT2D eigenvalue weighted by molar-refractivity contribution is 0.584. The lowest BCUT2D eigenvalue weighted by Gasteiger charge is -2.02. The molecule has 68 valence electrons. The molecule has 4 heteroatoms. The number of benzene rings is 1. The number of hydrogen-bond acceptors (Lipinski definition) is 1. The fraction of sp³-hybridized carbons (Fsp3) is 0.222. The van der Waals surface area contributed by atoms with Gasteiger partial charge in [-0.3, -0.25) is 0 Å². The van der Waals surface area contributed by atoms with Crippen molar-refractivity contribution in [1.82, 2.24) is 0 Å². The van der Waals surface area contributed by atoms with E-state index in [9.17, 15) is 8.78 Å². The van der Waals surface area contributed by atoms with E-state index in [4.69, 9.17) is 12.2 Å². The van der Waals surface area contributed by atoms with Crippen LogP contribution in [0.1, 0.15) is 18.4 Å². The standard InChI is InChI=1S/C9H7F2NS/c1-4-6-2-5(10)3-7(11)8(6)12-9(4)13/h2-4H,1H3,(H,12,13). The fourth-order valence-electron chi connectivity index (χ4n) is 1.44. The predicted molar refractivity (Wildman–Crippen MR) is 51.0 cm³/mol. The van der Waals surface area contributed by atoms with Crippen LogP contribution in [0.3, 0.4) is 0 Å². The molecule has 1 unspecified atom stereocenters. The average molecular weight is 199 g/mol. The molecule has 0 amide bonds. The van der Waals surface area contributed by atoms with Crippen LogP contribution in [0.5, 0.6) is 0 Å². The van der Waals surface area contributed by atoms with Gasteiger partial charge in [-0.15, -0.1) is 0 Å². The van der Waals surface area contributed by atoms with Crippen molar-refractivity contribution in [3.8, 4) is 0 Å². The monoisotopic (exact) mass is 199 g/mol. The van der Waals surface area contributed by atoms with E-state index < -0.39 is 11.6 Å². The molecule has 0 aliphatic carbocycles. The second-order valence-corrected chi connectivity index (χ2v) is 3.50. The van der Waals surface area contributed by atoms with Crippen LogP contribution in [-0.2, 0) is 0 Å². The molecule has 0 bridgehead atoms. The second-order valence-electron chi connectivity index (χ2n) is 3.06. The SMILES string of the molecule is CC1C(=S)Nc2c(F)cc(F)cc21. The summed E-state index contributed by atoms with van der Waals surface area (Å²) >= 11 is 4.95. The van der Waals surface area contributed by atoms with Crippen molar-refractivity contribution in [2.24, 2.45) is 0 Å². The molecule has 1 aromatic carbocycles. The van der Waals surface area contributed by atoms with Gasteiger partial charge in [-0.1, -0.05) is 19.1 Å². The van der Waals surface area contributed by atoms with Crippen molar-refractivity contribution in [2.75, 3.05) is 5.32 Å². The minimum atomic E-state index is -0.582. The summed E-state index contributed by atoms with van der Waals surface area (Å²) in [6.45, 7) is 1.82. The summed E-state index contributed by atoms with van der Waals surface area (Å²) in [6.07, 6.45) is 0. The van der Waals surface area contributed by atoms with Crippen LogP contribution in [0.2, 0.25) is 0 Å². The Balaban J connectivity index is 2.63. The fourth-order valence-corrected chi connectivity index (χ4v) is 1.67. The highest BCUT2D eigenvalue weighted by molar-refractivity contribution is 7.80. The quantitative estimate of drug-likeness (QED) is 0.645. The molecule has 1 aliphatic heterocycles. The maximum Gasteiger partial charge on any atom is 0.149 e. The first-order valence-electron chi connectivity index (χ1n) is 3.89. The van der Waals surface area contributed by atoms with Gasteiger partial charge in [0.05, 0.1) is 10.7 Å². The molecule has 1 atom stereocenters. The number of hydrogen-bond donors (Lipinski definition) is 1. The van der Waals surface area contributed by atoms with Crippen molar-refractivity contribution in [1.29, 1.82) is 0 Å². The summed E-state index contributed by atoms with van der Waals surface area (Å²) in [5.41, 5.74) is 0.918. The third-order valence-electron chi connectivity index (χ3n) is 2.19. The van der Waals surface area contributed by atoms with Crippen molar-refractivity contribution in [3.05, 3.63) is 29.3 Å². The second kappa shape index (κ2) is 2.73. The number of halogens is 2. The topological polar surface area (TPSA) is 12.0 Å². The van der Waals surface area contributed by atoms with E-state index in [-0.39, 0.29) is 5.92 Å². The highest BCUT2D eigenvalue weighted by Crippen LogP contribution is 2.35. The molecular formula is C9H7F2NS. The molecule has 0 fully saturated rings. The van der Waals surface area contributed by atoms with Crippen molar-refractivity contribution < 1.29 is 8.78 Å². The largest absolute Gasteiger partial charge is 0.347 e. The lowest BCUT2D eigenvalue weighted by Crippen LogP contribution is -2.05. The molecule has 0 aromatic heterocycles. The molecule has 0 spiro atoms. The maximum atomic E-state index is 13.1. The van der Waals surface area contributed by atoms with Gasteiger partial charge in [0.25, 0.3) is 0 Å². The minimum Gasteiger partial charge on any atom is -0.347 e. The molecule has 0 saturated heterocycles. The Kier molecular flexibility index (Phi) is 1.80. The van der Waals surface area contributed by atoms with Gasteiger partial charge in [0.15, 0.2) is 0 Å². The van der Waals surface area contributed by atoms with Gasteiger partial charge in [-0.05, 0) is 11.6 Å². The first-order valence-corrected chi connectivity index (χ1v) is 4.30. The summed E-state index contributed by atoms with van der Waals surface area (Å²) in [7, 11) is 0. The van der Waals surface area contributed by atoms with Crippen molar-refractivity contribution in [2.45, 2.75) is 12.8 Å². The van der Waals surface area contributed by atoms with Crippen LogP contribution in [-0.4, -0.2) is 4.99 Å². The summed E-state index contributed by atoms with van der Waals surface area (Å²) < 4.78 is 25.9. The summed E-state index contributed by atoms with van der Waals surface area (Å²) in [4.78, 5) is 0.541. The van der Waals surface area contributed by atoms with E-state index in [1.54, 1.807) is 0 Å². The highest BCUT2D eigenvalue weighted by Gasteiger charge is 2.26. The van der Waals surface area contributed by atoms with E-state index in [0.717, 1.165) is 6.07 Å². The van der Waals surface area contributed by atoms with Gasteiger partial charge in [-0.2, -0.15) is 0 Å². The molecule has 1 aromatic rings. The van der Waals surface area contributed by atoms with Crippen LogP contribution in [0.25, 0.3) is 0 Å². The first-order chi connectivity index (χ1) is 6.09. The van der Waals surface area contributed by atoms with Crippen LogP contribution in [0.15, 0.2) is 12.1 Å². The lowest BCUT2D eigenvalue weighted by atomic mass is 10.0. The Morgan fingerprint density at radius 1 is 1.38 bits per heavy atom. The van der Waals surface area contributed by atoms with Gasteiger partial charge in [0, 0.05) is 12.0 Å². The zero-order valence-corrected chi connectivity index (χ0v) is 7.71. The Bertz CT molecular complexity index is 389. The van der Waals surface area contributed by atoms with Gasteiger partial charge in [-0.25, -0.2) is 8.78 Å². The van der Waals surface area contributed by atoms with E-state index in [1.807, 2.05) is 6.92 Å². The maximum absolute atomic E-state index is 13.1. The molecular weight excluding hydrogens is 192 g/mol. The molecule has 2 rings (SSSR count). The first kappa shape index (κ1) is 8.56. The molecule has 1 nitrogen and oxygen atoms in total. The summed E-state index contributed by atoms with van der Waals surface area (Å²) in [6, 6.07) is 2.17. The van der Waals surface area contributed by atoms with E-state index in [1.165, 1.54) is 6.07 Å². The van der Waals surface area contributed by atoms with Gasteiger partial charge in [0.2, 0.25) is 0 Å². The molecule has 13 heavy (non-hydrogen) atoms. The van der Waals surface area contributed by atoms with E-state index in [0.29, 0.717) is 16.2 Å². The van der Waals surface area contributed by atoms with Gasteiger partial charge >= 0.3 is 0 Å². The van der Waals surface area contributed by atoms with Crippen LogP contribution in [0.4, 0.5) is 14.5 Å². The van der Waals surface area contributed by atoms with Gasteiger partial charge in [0.1, 0.15) is 11.6 Å². The number of rotatable bonds is 0. The zero-order valence-electron chi connectivity index (χ0n) is 6.90. The number of anilines is 1. The predicted octanol–water partition coefficient (Wildman–Crippen LogP) is 2.82. The third-order valence-corrected chi connectivity index (χ3v) is 2.65. The highest BCUT2D eigenvalue weighted by atomic mass is 32.1.